The summed E-state index contributed by atoms with van der Waals surface area (Å²) in [5, 5.41) is 0. The van der Waals surface area contributed by atoms with Gasteiger partial charge in [0.25, 0.3) is 0 Å². The van der Waals surface area contributed by atoms with Crippen LogP contribution in [0, 0.1) is 0 Å². The van der Waals surface area contributed by atoms with Gasteiger partial charge in [0.05, 0.1) is 0 Å². The van der Waals surface area contributed by atoms with E-state index in [1.165, 1.54) is 24.9 Å². The Labute approximate surface area is 91.3 Å². The van der Waals surface area contributed by atoms with Gasteiger partial charge in [-0.05, 0) is 56.6 Å². The number of aromatic nitrogens is 1. The van der Waals surface area contributed by atoms with E-state index >= 15 is 0 Å². The van der Waals surface area contributed by atoms with Crippen molar-refractivity contribution in [2.75, 3.05) is 19.6 Å². The van der Waals surface area contributed by atoms with E-state index in [1.807, 2.05) is 12.4 Å². The molecule has 1 fully saturated rings. The first-order valence-electron chi connectivity index (χ1n) is 5.76. The van der Waals surface area contributed by atoms with Crippen LogP contribution in [0.5, 0.6) is 0 Å². The highest BCUT2D eigenvalue weighted by Gasteiger charge is 2.24. The highest BCUT2D eigenvalue weighted by molar-refractivity contribution is 5.16. The fourth-order valence-electron chi connectivity index (χ4n) is 2.35. The van der Waals surface area contributed by atoms with E-state index in [1.54, 1.807) is 0 Å². The highest BCUT2D eigenvalue weighted by Crippen LogP contribution is 2.31. The third kappa shape index (κ3) is 2.55. The highest BCUT2D eigenvalue weighted by atomic mass is 15.2. The minimum atomic E-state index is 0.597. The Kier molecular flexibility index (Phi) is 3.69. The molecule has 1 aliphatic rings. The SMILES string of the molecule is NCCCN1CCCC1c1ccncc1. The molecule has 0 radical (unpaired) electrons. The number of rotatable bonds is 4. The fourth-order valence-corrected chi connectivity index (χ4v) is 2.35. The van der Waals surface area contributed by atoms with Crippen LogP contribution < -0.4 is 5.73 Å². The molecule has 0 spiro atoms. The van der Waals surface area contributed by atoms with Crippen LogP contribution in [0.15, 0.2) is 24.5 Å². The average Bonchev–Trinajstić information content (AvgIpc) is 2.75. The topological polar surface area (TPSA) is 42.1 Å². The molecular formula is C12H19N3. The molecule has 2 N–H and O–H groups in total. The quantitative estimate of drug-likeness (QED) is 0.811. The second kappa shape index (κ2) is 5.24. The van der Waals surface area contributed by atoms with Crippen LogP contribution in [0.25, 0.3) is 0 Å². The normalized spacial score (nSPS) is 22.1. The van der Waals surface area contributed by atoms with Crippen molar-refractivity contribution in [2.45, 2.75) is 25.3 Å². The van der Waals surface area contributed by atoms with Gasteiger partial charge in [-0.25, -0.2) is 0 Å². The van der Waals surface area contributed by atoms with Crippen LogP contribution in [0.1, 0.15) is 30.9 Å². The summed E-state index contributed by atoms with van der Waals surface area (Å²) in [6.07, 6.45) is 7.44. The number of nitrogens with two attached hydrogens (primary N) is 1. The maximum Gasteiger partial charge on any atom is 0.0349 e. The van der Waals surface area contributed by atoms with Crippen molar-refractivity contribution in [1.29, 1.82) is 0 Å². The van der Waals surface area contributed by atoms with Crippen molar-refractivity contribution in [2.24, 2.45) is 5.73 Å². The lowest BCUT2D eigenvalue weighted by Crippen LogP contribution is -2.25. The zero-order valence-corrected chi connectivity index (χ0v) is 9.10. The molecule has 15 heavy (non-hydrogen) atoms. The van der Waals surface area contributed by atoms with Gasteiger partial charge in [0, 0.05) is 18.4 Å². The minimum Gasteiger partial charge on any atom is -0.330 e. The monoisotopic (exact) mass is 205 g/mol. The second-order valence-electron chi connectivity index (χ2n) is 4.12. The summed E-state index contributed by atoms with van der Waals surface area (Å²) in [7, 11) is 0. The Hall–Kier alpha value is -0.930. The molecule has 1 aromatic rings. The molecule has 1 atom stereocenters. The molecule has 2 heterocycles. The molecule has 1 saturated heterocycles. The fraction of sp³-hybridized carbons (Fsp3) is 0.583. The van der Waals surface area contributed by atoms with E-state index in [0.29, 0.717) is 6.04 Å². The van der Waals surface area contributed by atoms with Crippen LogP contribution >= 0.6 is 0 Å². The minimum absolute atomic E-state index is 0.597. The maximum absolute atomic E-state index is 5.55. The van der Waals surface area contributed by atoms with Gasteiger partial charge in [-0.3, -0.25) is 9.88 Å². The van der Waals surface area contributed by atoms with E-state index in [-0.39, 0.29) is 0 Å². The summed E-state index contributed by atoms with van der Waals surface area (Å²) >= 11 is 0. The van der Waals surface area contributed by atoms with Gasteiger partial charge < -0.3 is 5.73 Å². The Bertz CT molecular complexity index is 286. The number of nitrogens with zero attached hydrogens (tertiary/aromatic N) is 2. The summed E-state index contributed by atoms with van der Waals surface area (Å²) in [6.45, 7) is 3.13. The first kappa shape index (κ1) is 10.6. The van der Waals surface area contributed by atoms with Gasteiger partial charge >= 0.3 is 0 Å². The maximum atomic E-state index is 5.55. The first-order valence-corrected chi connectivity index (χ1v) is 5.76. The molecule has 0 amide bonds. The predicted molar refractivity (Wildman–Crippen MR) is 61.5 cm³/mol. The summed E-state index contributed by atoms with van der Waals surface area (Å²) in [5.41, 5.74) is 6.96. The Balaban J connectivity index is 2.01. The molecule has 1 unspecified atom stereocenters. The molecule has 0 bridgehead atoms. The predicted octanol–water partition coefficient (Wildman–Crippen LogP) is 1.57. The van der Waals surface area contributed by atoms with Crippen LogP contribution in [-0.4, -0.2) is 29.5 Å². The summed E-state index contributed by atoms with van der Waals surface area (Å²) in [4.78, 5) is 6.61. The molecule has 82 valence electrons. The molecule has 3 heteroatoms. The van der Waals surface area contributed by atoms with Crippen LogP contribution in [0.3, 0.4) is 0 Å². The molecule has 0 saturated carbocycles. The van der Waals surface area contributed by atoms with Crippen molar-refractivity contribution < 1.29 is 0 Å². The molecule has 0 aromatic carbocycles. The van der Waals surface area contributed by atoms with Gasteiger partial charge in [0.1, 0.15) is 0 Å². The molecule has 1 aliphatic heterocycles. The van der Waals surface area contributed by atoms with Crippen molar-refractivity contribution in [3.8, 4) is 0 Å². The molecule has 0 aliphatic carbocycles. The average molecular weight is 205 g/mol. The van der Waals surface area contributed by atoms with Gasteiger partial charge in [-0.15, -0.1) is 0 Å². The van der Waals surface area contributed by atoms with Gasteiger partial charge in [0.2, 0.25) is 0 Å². The lowest BCUT2D eigenvalue weighted by molar-refractivity contribution is 0.255. The third-order valence-corrected chi connectivity index (χ3v) is 3.10. The zero-order valence-electron chi connectivity index (χ0n) is 9.10. The zero-order chi connectivity index (χ0) is 10.5. The van der Waals surface area contributed by atoms with Gasteiger partial charge in [-0.2, -0.15) is 0 Å². The Morgan fingerprint density at radius 1 is 1.40 bits per heavy atom. The molecule has 1 aromatic heterocycles. The van der Waals surface area contributed by atoms with E-state index in [2.05, 4.69) is 22.0 Å². The van der Waals surface area contributed by atoms with E-state index in [9.17, 15) is 0 Å². The number of hydrogen-bond acceptors (Lipinski definition) is 3. The number of likely N-dealkylation sites (tertiary alicyclic amines) is 1. The largest absolute Gasteiger partial charge is 0.330 e. The number of hydrogen-bond donors (Lipinski definition) is 1. The van der Waals surface area contributed by atoms with Gasteiger partial charge in [-0.1, -0.05) is 0 Å². The Morgan fingerprint density at radius 2 is 2.20 bits per heavy atom. The Morgan fingerprint density at radius 3 is 2.93 bits per heavy atom. The van der Waals surface area contributed by atoms with E-state index < -0.39 is 0 Å². The first-order chi connectivity index (χ1) is 7.42. The standard InChI is InChI=1S/C12H19N3/c13-6-2-10-15-9-1-3-12(15)11-4-7-14-8-5-11/h4-5,7-8,12H,1-3,6,9-10,13H2. The van der Waals surface area contributed by atoms with Crippen molar-refractivity contribution in [3.05, 3.63) is 30.1 Å². The third-order valence-electron chi connectivity index (χ3n) is 3.10. The smallest absolute Gasteiger partial charge is 0.0349 e. The van der Waals surface area contributed by atoms with E-state index in [4.69, 9.17) is 5.73 Å². The molecular weight excluding hydrogens is 186 g/mol. The molecule has 3 nitrogen and oxygen atoms in total. The summed E-state index contributed by atoms with van der Waals surface area (Å²) < 4.78 is 0. The van der Waals surface area contributed by atoms with Crippen molar-refractivity contribution in [3.63, 3.8) is 0 Å². The lowest BCUT2D eigenvalue weighted by Gasteiger charge is -2.24. The summed E-state index contributed by atoms with van der Waals surface area (Å²) in [5.74, 6) is 0. The lowest BCUT2D eigenvalue weighted by atomic mass is 10.1. The summed E-state index contributed by atoms with van der Waals surface area (Å²) in [6, 6.07) is 4.86. The van der Waals surface area contributed by atoms with E-state index in [0.717, 1.165) is 19.5 Å². The second-order valence-corrected chi connectivity index (χ2v) is 4.12. The van der Waals surface area contributed by atoms with Crippen molar-refractivity contribution in [1.82, 2.24) is 9.88 Å². The van der Waals surface area contributed by atoms with Gasteiger partial charge in [0.15, 0.2) is 0 Å². The number of pyridine rings is 1. The van der Waals surface area contributed by atoms with Crippen LogP contribution in [-0.2, 0) is 0 Å². The van der Waals surface area contributed by atoms with Crippen LogP contribution in [0.2, 0.25) is 0 Å². The van der Waals surface area contributed by atoms with Crippen LogP contribution in [0.4, 0.5) is 0 Å². The van der Waals surface area contributed by atoms with Crippen molar-refractivity contribution >= 4 is 0 Å². The molecule has 2 rings (SSSR count).